The van der Waals surface area contributed by atoms with Crippen molar-refractivity contribution < 1.29 is 9.53 Å². The van der Waals surface area contributed by atoms with Crippen LogP contribution in [-0.2, 0) is 18.3 Å². The summed E-state index contributed by atoms with van der Waals surface area (Å²) in [6.07, 6.45) is 7.69. The smallest absolute Gasteiger partial charge is 0.341 e. The first-order valence-electron chi connectivity index (χ1n) is 8.49. The third kappa shape index (κ3) is 3.67. The van der Waals surface area contributed by atoms with Crippen molar-refractivity contribution in [2.75, 3.05) is 19.7 Å². The molecule has 0 radical (unpaired) electrons. The number of nitrogens with zero attached hydrogens (tertiary/aromatic N) is 5. The summed E-state index contributed by atoms with van der Waals surface area (Å²) in [5, 5.41) is 8.79. The highest BCUT2D eigenvalue weighted by atomic mass is 16.5. The topological polar surface area (TPSA) is 65.2 Å². The number of hydrogen-bond donors (Lipinski definition) is 0. The molecule has 0 aromatic carbocycles. The van der Waals surface area contributed by atoms with Gasteiger partial charge in [-0.25, -0.2) is 4.79 Å². The average Bonchev–Trinajstić information content (AvgIpc) is 3.15. The van der Waals surface area contributed by atoms with E-state index in [2.05, 4.69) is 28.2 Å². The largest absolute Gasteiger partial charge is 0.462 e. The lowest BCUT2D eigenvalue weighted by Gasteiger charge is -2.32. The van der Waals surface area contributed by atoms with Gasteiger partial charge in [0.2, 0.25) is 0 Å². The number of likely N-dealkylation sites (tertiary alicyclic amines) is 1. The van der Waals surface area contributed by atoms with Gasteiger partial charge in [-0.1, -0.05) is 0 Å². The second-order valence-corrected chi connectivity index (χ2v) is 6.37. The molecule has 1 saturated heterocycles. The van der Waals surface area contributed by atoms with Gasteiger partial charge in [-0.2, -0.15) is 10.2 Å². The Balaban J connectivity index is 1.65. The molecule has 7 nitrogen and oxygen atoms in total. The second kappa shape index (κ2) is 7.17. The van der Waals surface area contributed by atoms with Crippen molar-refractivity contribution in [3.05, 3.63) is 35.4 Å². The normalized spacial score (nSPS) is 18.7. The predicted molar refractivity (Wildman–Crippen MR) is 89.7 cm³/mol. The number of aromatic nitrogens is 4. The Morgan fingerprint density at radius 3 is 2.96 bits per heavy atom. The third-order valence-corrected chi connectivity index (χ3v) is 4.48. The molecule has 2 aromatic heterocycles. The molecule has 130 valence electrons. The summed E-state index contributed by atoms with van der Waals surface area (Å²) in [6, 6.07) is 0.291. The summed E-state index contributed by atoms with van der Waals surface area (Å²) >= 11 is 0. The quantitative estimate of drug-likeness (QED) is 0.784. The first-order valence-corrected chi connectivity index (χ1v) is 8.49. The van der Waals surface area contributed by atoms with Crippen LogP contribution in [0.25, 0.3) is 0 Å². The molecular formula is C17H25N5O2. The van der Waals surface area contributed by atoms with Gasteiger partial charge in [0.15, 0.2) is 0 Å². The zero-order valence-electron chi connectivity index (χ0n) is 14.6. The summed E-state index contributed by atoms with van der Waals surface area (Å²) in [6.45, 7) is 7.15. The zero-order chi connectivity index (χ0) is 17.1. The highest BCUT2D eigenvalue weighted by Crippen LogP contribution is 2.23. The molecule has 3 heterocycles. The molecule has 1 aliphatic rings. The van der Waals surface area contributed by atoms with Gasteiger partial charge in [0, 0.05) is 38.1 Å². The van der Waals surface area contributed by atoms with Gasteiger partial charge < -0.3 is 4.74 Å². The van der Waals surface area contributed by atoms with Crippen LogP contribution < -0.4 is 0 Å². The molecule has 0 N–H and O–H groups in total. The van der Waals surface area contributed by atoms with Crippen molar-refractivity contribution in [1.29, 1.82) is 0 Å². The second-order valence-electron chi connectivity index (χ2n) is 6.37. The Hall–Kier alpha value is -2.15. The van der Waals surface area contributed by atoms with Crippen LogP contribution in [0.4, 0.5) is 0 Å². The van der Waals surface area contributed by atoms with Crippen LogP contribution in [-0.4, -0.2) is 50.1 Å². The van der Waals surface area contributed by atoms with Crippen LogP contribution >= 0.6 is 0 Å². The summed E-state index contributed by atoms with van der Waals surface area (Å²) in [5.41, 5.74) is 2.88. The fourth-order valence-electron chi connectivity index (χ4n) is 3.29. The summed E-state index contributed by atoms with van der Waals surface area (Å²) < 4.78 is 8.81. The van der Waals surface area contributed by atoms with Crippen LogP contribution in [0.15, 0.2) is 18.6 Å². The number of carbonyl (C=O) groups excluding carboxylic acids is 1. The maximum absolute atomic E-state index is 11.8. The van der Waals surface area contributed by atoms with Crippen molar-refractivity contribution in [2.45, 2.75) is 39.3 Å². The number of esters is 1. The maximum Gasteiger partial charge on any atom is 0.341 e. The molecule has 1 fully saturated rings. The van der Waals surface area contributed by atoms with E-state index >= 15 is 0 Å². The molecule has 0 unspecified atom stereocenters. The van der Waals surface area contributed by atoms with Crippen molar-refractivity contribution >= 4 is 5.97 Å². The average molecular weight is 331 g/mol. The van der Waals surface area contributed by atoms with Crippen molar-refractivity contribution in [3.8, 4) is 0 Å². The van der Waals surface area contributed by atoms with Gasteiger partial charge in [0.05, 0.1) is 30.1 Å². The molecule has 24 heavy (non-hydrogen) atoms. The number of ether oxygens (including phenoxy) is 1. The number of carbonyl (C=O) groups is 1. The van der Waals surface area contributed by atoms with Gasteiger partial charge in [-0.05, 0) is 33.2 Å². The first-order chi connectivity index (χ1) is 11.6. The first kappa shape index (κ1) is 16.7. The molecule has 3 rings (SSSR count). The molecule has 0 bridgehead atoms. The predicted octanol–water partition coefficient (Wildman–Crippen LogP) is 1.94. The third-order valence-electron chi connectivity index (χ3n) is 4.48. The van der Waals surface area contributed by atoms with E-state index in [1.54, 1.807) is 6.20 Å². The van der Waals surface area contributed by atoms with Gasteiger partial charge >= 0.3 is 5.97 Å². The molecule has 0 spiro atoms. The SMILES string of the molecule is CCOC(=O)c1cnn([C@@H]2CCCN(Cc3cn(C)nc3C)C2)c1. The van der Waals surface area contributed by atoms with E-state index < -0.39 is 0 Å². The molecule has 0 aliphatic carbocycles. The summed E-state index contributed by atoms with van der Waals surface area (Å²) in [4.78, 5) is 14.2. The number of piperidine rings is 1. The molecule has 1 atom stereocenters. The number of rotatable bonds is 5. The lowest BCUT2D eigenvalue weighted by atomic mass is 10.1. The lowest BCUT2D eigenvalue weighted by molar-refractivity contribution is 0.0526. The molecule has 2 aromatic rings. The van der Waals surface area contributed by atoms with Gasteiger partial charge in [-0.3, -0.25) is 14.3 Å². The van der Waals surface area contributed by atoms with Gasteiger partial charge in [-0.15, -0.1) is 0 Å². The standard InChI is InChI=1S/C17H25N5O2/c1-4-24-17(23)14-8-18-22(11-14)16-6-5-7-21(12-16)10-15-9-20(3)19-13(15)2/h8-9,11,16H,4-7,10,12H2,1-3H3/t16-/m1/s1. The van der Waals surface area contributed by atoms with E-state index in [1.165, 1.54) is 5.56 Å². The van der Waals surface area contributed by atoms with Crippen molar-refractivity contribution in [3.63, 3.8) is 0 Å². The Labute approximate surface area is 142 Å². The van der Waals surface area contributed by atoms with E-state index in [0.717, 1.165) is 38.2 Å². The molecular weight excluding hydrogens is 306 g/mol. The van der Waals surface area contributed by atoms with E-state index in [1.807, 2.05) is 29.5 Å². The van der Waals surface area contributed by atoms with Gasteiger partial charge in [0.25, 0.3) is 0 Å². The van der Waals surface area contributed by atoms with Crippen LogP contribution in [0.1, 0.15) is 47.4 Å². The van der Waals surface area contributed by atoms with Gasteiger partial charge in [0.1, 0.15) is 0 Å². The van der Waals surface area contributed by atoms with Crippen LogP contribution in [0.5, 0.6) is 0 Å². The molecule has 0 amide bonds. The molecule has 1 aliphatic heterocycles. The summed E-state index contributed by atoms with van der Waals surface area (Å²) in [7, 11) is 1.95. The minimum Gasteiger partial charge on any atom is -0.462 e. The molecule has 7 heteroatoms. The summed E-state index contributed by atoms with van der Waals surface area (Å²) in [5.74, 6) is -0.303. The van der Waals surface area contributed by atoms with E-state index in [4.69, 9.17) is 4.74 Å². The van der Waals surface area contributed by atoms with Crippen LogP contribution in [0.2, 0.25) is 0 Å². The number of hydrogen-bond acceptors (Lipinski definition) is 5. The highest BCUT2D eigenvalue weighted by Gasteiger charge is 2.23. The lowest BCUT2D eigenvalue weighted by Crippen LogP contribution is -2.36. The minimum atomic E-state index is -0.303. The Bertz CT molecular complexity index is 706. The van der Waals surface area contributed by atoms with E-state index in [9.17, 15) is 4.79 Å². The van der Waals surface area contributed by atoms with Crippen LogP contribution in [0, 0.1) is 6.92 Å². The fraction of sp³-hybridized carbons (Fsp3) is 0.588. The van der Waals surface area contributed by atoms with Crippen molar-refractivity contribution in [1.82, 2.24) is 24.5 Å². The van der Waals surface area contributed by atoms with Crippen molar-refractivity contribution in [2.24, 2.45) is 7.05 Å². The Kier molecular flexibility index (Phi) is 4.99. The fourth-order valence-corrected chi connectivity index (χ4v) is 3.29. The maximum atomic E-state index is 11.8. The van der Waals surface area contributed by atoms with Crippen LogP contribution in [0.3, 0.4) is 0 Å². The van der Waals surface area contributed by atoms with E-state index in [-0.39, 0.29) is 5.97 Å². The van der Waals surface area contributed by atoms with E-state index in [0.29, 0.717) is 18.2 Å². The Morgan fingerprint density at radius 2 is 2.25 bits per heavy atom. The highest BCUT2D eigenvalue weighted by molar-refractivity contribution is 5.88. The zero-order valence-corrected chi connectivity index (χ0v) is 14.6. The molecule has 0 saturated carbocycles. The Morgan fingerprint density at radius 1 is 1.42 bits per heavy atom. The number of aryl methyl sites for hydroxylation is 2. The minimum absolute atomic E-state index is 0.291. The monoisotopic (exact) mass is 331 g/mol.